The van der Waals surface area contributed by atoms with Crippen LogP contribution in [0.3, 0.4) is 0 Å². The number of hydrogen-bond acceptors (Lipinski definition) is 6. The van der Waals surface area contributed by atoms with E-state index in [4.69, 9.17) is 9.57 Å². The van der Waals surface area contributed by atoms with Gasteiger partial charge in [0.2, 0.25) is 5.91 Å². The van der Waals surface area contributed by atoms with Gasteiger partial charge in [0.05, 0.1) is 26.4 Å². The highest BCUT2D eigenvalue weighted by Gasteiger charge is 2.57. The average Bonchev–Trinajstić information content (AvgIpc) is 3.35. The number of nitrogens with one attached hydrogen (secondary N) is 1. The van der Waals surface area contributed by atoms with Crippen molar-refractivity contribution in [2.24, 2.45) is 29.1 Å². The molecule has 2 bridgehead atoms. The molecule has 7 nitrogen and oxygen atoms in total. The predicted octanol–water partition coefficient (Wildman–Crippen LogP) is 5.15. The number of fused-ring (bicyclic) bond motifs is 2. The lowest BCUT2D eigenvalue weighted by molar-refractivity contribution is -0.173. The minimum Gasteiger partial charge on any atom is -0.496 e. The molecule has 1 aliphatic heterocycles. The third kappa shape index (κ3) is 5.68. The molecule has 4 fully saturated rings. The van der Waals surface area contributed by atoms with Gasteiger partial charge >= 0.3 is 0 Å². The summed E-state index contributed by atoms with van der Waals surface area (Å²) in [5.41, 5.74) is 3.96. The molecule has 228 valence electrons. The van der Waals surface area contributed by atoms with Gasteiger partial charge in [-0.3, -0.25) is 9.63 Å². The number of aliphatic hydroxyl groups is 2. The number of carbonyl (C=O) groups is 1. The monoisotopic (exact) mass is 576 g/mol. The number of amides is 1. The zero-order chi connectivity index (χ0) is 30.9. The first kappa shape index (κ1) is 32.0. The Kier molecular flexibility index (Phi) is 9.68. The predicted molar refractivity (Wildman–Crippen MR) is 168 cm³/mol. The topological polar surface area (TPSA) is 91.3 Å². The Morgan fingerprint density at radius 3 is 2.50 bits per heavy atom. The third-order valence-corrected chi connectivity index (χ3v) is 10.3. The maximum absolute atomic E-state index is 14.0. The molecule has 0 radical (unpaired) electrons. The highest BCUT2D eigenvalue weighted by Crippen LogP contribution is 2.61. The van der Waals surface area contributed by atoms with Gasteiger partial charge in [-0.2, -0.15) is 5.06 Å². The van der Waals surface area contributed by atoms with Gasteiger partial charge in [0.15, 0.2) is 0 Å². The second-order valence-electron chi connectivity index (χ2n) is 12.7. The van der Waals surface area contributed by atoms with E-state index in [1.54, 1.807) is 31.2 Å². The summed E-state index contributed by atoms with van der Waals surface area (Å²) in [6, 6.07) is 6.99. The molecule has 0 unspecified atom stereocenters. The van der Waals surface area contributed by atoms with Crippen molar-refractivity contribution in [1.82, 2.24) is 10.4 Å². The Labute approximate surface area is 251 Å². The molecule has 1 aromatic rings. The van der Waals surface area contributed by atoms with Crippen LogP contribution in [0.5, 0.6) is 0 Å². The van der Waals surface area contributed by atoms with Crippen LogP contribution < -0.4 is 5.32 Å². The molecule has 4 aliphatic rings. The van der Waals surface area contributed by atoms with E-state index in [0.717, 1.165) is 17.5 Å². The smallest absolute Gasteiger partial charge is 0.240 e. The van der Waals surface area contributed by atoms with E-state index in [1.165, 1.54) is 6.42 Å². The van der Waals surface area contributed by atoms with E-state index < -0.39 is 24.2 Å². The van der Waals surface area contributed by atoms with E-state index in [9.17, 15) is 15.0 Å². The van der Waals surface area contributed by atoms with Gasteiger partial charge in [-0.1, -0.05) is 83.5 Å². The molecule has 1 saturated heterocycles. The number of nitrogens with zero attached hydrogens (tertiary/aromatic N) is 1. The lowest BCUT2D eigenvalue weighted by atomic mass is 9.45. The standard InChI is InChI=1S/C35H48N2O5/c1-10-24-14-12-13-15-27(24)20(3)21(4)33(41-9)25(11-2)18-37-32(31(23(6)39)30(19-38)42-37)34(40)36-29-17-26-16-28(22(29)5)35(26,7)8/h10-15,22-23,26,28-32,38-39H,1-4,16-19H2,5-9H3,(H,36,40)/t22-,23-,26+,28-,29-,30-,31-,32-/m0/s1. The summed E-state index contributed by atoms with van der Waals surface area (Å²) in [4.78, 5) is 20.1. The molecule has 3 saturated carbocycles. The molecule has 5 rings (SSSR count). The van der Waals surface area contributed by atoms with Crippen molar-refractivity contribution in [3.8, 4) is 0 Å². The lowest BCUT2D eigenvalue weighted by Gasteiger charge is -2.62. The summed E-state index contributed by atoms with van der Waals surface area (Å²) in [6.07, 6.45) is 3.93. The second kappa shape index (κ2) is 12.7. The van der Waals surface area contributed by atoms with Gasteiger partial charge in [0.25, 0.3) is 0 Å². The summed E-state index contributed by atoms with van der Waals surface area (Å²) in [5.74, 6) is 1.12. The average molecular weight is 577 g/mol. The molecule has 7 heteroatoms. The molecule has 8 atom stereocenters. The van der Waals surface area contributed by atoms with Crippen molar-refractivity contribution < 1.29 is 24.6 Å². The van der Waals surface area contributed by atoms with Crippen molar-refractivity contribution >= 4 is 17.6 Å². The quantitative estimate of drug-likeness (QED) is 0.236. The number of hydroxylamine groups is 2. The Bertz CT molecular complexity index is 1260. The van der Waals surface area contributed by atoms with Gasteiger partial charge in [-0.05, 0) is 59.6 Å². The minimum absolute atomic E-state index is 0.0518. The van der Waals surface area contributed by atoms with Crippen LogP contribution in [0.25, 0.3) is 11.6 Å². The highest BCUT2D eigenvalue weighted by molar-refractivity contribution is 5.85. The number of ether oxygens (including phenoxy) is 1. The first-order valence-electron chi connectivity index (χ1n) is 14.9. The van der Waals surface area contributed by atoms with Crippen LogP contribution >= 0.6 is 0 Å². The van der Waals surface area contributed by atoms with Crippen molar-refractivity contribution in [2.75, 3.05) is 20.3 Å². The SMILES string of the molecule is C=CC(CN1O[C@@H](CO)[C@H]([C@H](C)O)[C@H]1C(=O)N[C@H]1C[C@H]2C[C@@H]([C@@H]1C)C2(C)C)=C(OC)C(=C)C(=C)c1ccccc1C=C. The fourth-order valence-electron chi connectivity index (χ4n) is 7.58. The summed E-state index contributed by atoms with van der Waals surface area (Å²) in [7, 11) is 1.55. The molecule has 1 aromatic carbocycles. The van der Waals surface area contributed by atoms with Gasteiger partial charge in [-0.15, -0.1) is 0 Å². The number of allylic oxidation sites excluding steroid dienone is 1. The van der Waals surface area contributed by atoms with Gasteiger partial charge in [0, 0.05) is 23.1 Å². The number of methoxy groups -OCH3 is 1. The van der Waals surface area contributed by atoms with E-state index >= 15 is 0 Å². The van der Waals surface area contributed by atoms with Crippen LogP contribution in [-0.2, 0) is 14.4 Å². The Hall–Kier alpha value is -2.97. The second-order valence-corrected chi connectivity index (χ2v) is 12.7. The maximum Gasteiger partial charge on any atom is 0.240 e. The molecule has 3 N–H and O–H groups in total. The van der Waals surface area contributed by atoms with E-state index in [1.807, 2.05) is 24.3 Å². The Morgan fingerprint density at radius 2 is 1.95 bits per heavy atom. The van der Waals surface area contributed by atoms with Crippen LogP contribution in [0, 0.1) is 29.1 Å². The van der Waals surface area contributed by atoms with E-state index in [2.05, 4.69) is 52.4 Å². The Balaban J connectivity index is 1.61. The number of hydrogen-bond donors (Lipinski definition) is 3. The summed E-state index contributed by atoms with van der Waals surface area (Å²) >= 11 is 0. The number of aliphatic hydroxyl groups excluding tert-OH is 2. The van der Waals surface area contributed by atoms with Crippen LogP contribution in [-0.4, -0.2) is 65.7 Å². The maximum atomic E-state index is 14.0. The van der Waals surface area contributed by atoms with Gasteiger partial charge in [-0.25, -0.2) is 0 Å². The first-order chi connectivity index (χ1) is 19.9. The van der Waals surface area contributed by atoms with Gasteiger partial charge in [0.1, 0.15) is 17.9 Å². The summed E-state index contributed by atoms with van der Waals surface area (Å²) in [5, 5.41) is 25.8. The molecule has 0 spiro atoms. The van der Waals surface area contributed by atoms with Gasteiger partial charge < -0.3 is 20.3 Å². The zero-order valence-electron chi connectivity index (χ0n) is 25.8. The minimum atomic E-state index is -0.887. The van der Waals surface area contributed by atoms with Crippen LogP contribution in [0.15, 0.2) is 73.6 Å². The largest absolute Gasteiger partial charge is 0.496 e. The fourth-order valence-corrected chi connectivity index (χ4v) is 7.58. The molecule has 42 heavy (non-hydrogen) atoms. The van der Waals surface area contributed by atoms with Crippen molar-refractivity contribution in [3.05, 3.63) is 84.7 Å². The fraction of sp³-hybridized carbons (Fsp3) is 0.514. The number of rotatable bonds is 12. The highest BCUT2D eigenvalue weighted by atomic mass is 16.7. The normalized spacial score (nSPS) is 31.3. The zero-order valence-corrected chi connectivity index (χ0v) is 25.8. The first-order valence-corrected chi connectivity index (χ1v) is 14.9. The Morgan fingerprint density at radius 1 is 1.26 bits per heavy atom. The van der Waals surface area contributed by atoms with Crippen LogP contribution in [0.2, 0.25) is 0 Å². The van der Waals surface area contributed by atoms with E-state index in [0.29, 0.717) is 45.6 Å². The van der Waals surface area contributed by atoms with E-state index in [-0.39, 0.29) is 25.1 Å². The number of carbonyl (C=O) groups excluding carboxylic acids is 1. The molecule has 3 aliphatic carbocycles. The van der Waals surface area contributed by atoms with Crippen molar-refractivity contribution in [3.63, 3.8) is 0 Å². The van der Waals surface area contributed by atoms with Crippen molar-refractivity contribution in [1.29, 1.82) is 0 Å². The summed E-state index contributed by atoms with van der Waals surface area (Å²) < 4.78 is 5.83. The summed E-state index contributed by atoms with van der Waals surface area (Å²) in [6.45, 7) is 24.8. The molecule has 0 aromatic heterocycles. The van der Waals surface area contributed by atoms with Crippen molar-refractivity contribution in [2.45, 2.75) is 64.8 Å². The van der Waals surface area contributed by atoms with Crippen LogP contribution in [0.1, 0.15) is 51.7 Å². The molecular formula is C35H48N2O5. The van der Waals surface area contributed by atoms with Crippen LogP contribution in [0.4, 0.5) is 0 Å². The lowest BCUT2D eigenvalue weighted by Crippen LogP contribution is -2.62. The molecular weight excluding hydrogens is 528 g/mol. The third-order valence-electron chi connectivity index (χ3n) is 10.3. The number of benzene rings is 1. The molecule has 1 heterocycles. The molecule has 1 amide bonds.